The second-order valence-electron chi connectivity index (χ2n) is 6.48. The summed E-state index contributed by atoms with van der Waals surface area (Å²) in [6.07, 6.45) is 5.97. The van der Waals surface area contributed by atoms with Crippen LogP contribution in [0.15, 0.2) is 24.3 Å². The first-order valence-corrected chi connectivity index (χ1v) is 7.98. The van der Waals surface area contributed by atoms with E-state index in [9.17, 15) is 4.39 Å². The van der Waals surface area contributed by atoms with Gasteiger partial charge in [0.05, 0.1) is 0 Å². The predicted molar refractivity (Wildman–Crippen MR) is 85.4 cm³/mol. The van der Waals surface area contributed by atoms with Gasteiger partial charge in [-0.1, -0.05) is 65.2 Å². The Bertz CT molecular complexity index is 387. The lowest BCUT2D eigenvalue weighted by atomic mass is 9.86. The molecule has 1 atom stereocenters. The van der Waals surface area contributed by atoms with Gasteiger partial charge in [0.25, 0.3) is 0 Å². The molecule has 1 nitrogen and oxygen atoms in total. The first kappa shape index (κ1) is 17.2. The average Bonchev–Trinajstić information content (AvgIpc) is 2.41. The van der Waals surface area contributed by atoms with E-state index in [1.54, 1.807) is 12.1 Å². The maximum Gasteiger partial charge on any atom is 0.127 e. The summed E-state index contributed by atoms with van der Waals surface area (Å²) in [7, 11) is 0. The molecule has 0 aliphatic rings. The zero-order valence-corrected chi connectivity index (χ0v) is 13.5. The Morgan fingerprint density at radius 1 is 1.15 bits per heavy atom. The fourth-order valence-corrected chi connectivity index (χ4v) is 2.57. The van der Waals surface area contributed by atoms with Gasteiger partial charge in [0.2, 0.25) is 0 Å². The summed E-state index contributed by atoms with van der Waals surface area (Å²) in [6, 6.07) is 7.21. The predicted octanol–water partition coefficient (Wildman–Crippen LogP) is 5.47. The van der Waals surface area contributed by atoms with Crippen LogP contribution in [-0.2, 0) is 0 Å². The summed E-state index contributed by atoms with van der Waals surface area (Å²) in [5, 5.41) is 3.55. The Hall–Kier alpha value is -0.890. The van der Waals surface area contributed by atoms with Gasteiger partial charge < -0.3 is 5.32 Å². The molecule has 0 amide bonds. The summed E-state index contributed by atoms with van der Waals surface area (Å²) in [5.41, 5.74) is 1.06. The van der Waals surface area contributed by atoms with Crippen molar-refractivity contribution in [3.63, 3.8) is 0 Å². The standard InChI is InChI=1S/C18H30FN/c1-5-7-10-13-18(3,4)14-20-17(6-2)15-11-8-9-12-16(15)19/h8-9,11-12,17,20H,5-7,10,13-14H2,1-4H3. The topological polar surface area (TPSA) is 12.0 Å². The number of nitrogens with one attached hydrogen (secondary N) is 1. The Kier molecular flexibility index (Phi) is 7.22. The normalized spacial score (nSPS) is 13.4. The summed E-state index contributed by atoms with van der Waals surface area (Å²) in [6.45, 7) is 9.86. The van der Waals surface area contributed by atoms with E-state index in [2.05, 4.69) is 33.0 Å². The van der Waals surface area contributed by atoms with Crippen LogP contribution >= 0.6 is 0 Å². The monoisotopic (exact) mass is 279 g/mol. The molecule has 1 aromatic carbocycles. The minimum atomic E-state index is -0.101. The van der Waals surface area contributed by atoms with Crippen molar-refractivity contribution in [1.82, 2.24) is 5.32 Å². The van der Waals surface area contributed by atoms with Gasteiger partial charge in [0.1, 0.15) is 5.82 Å². The summed E-state index contributed by atoms with van der Waals surface area (Å²) in [5.74, 6) is -0.101. The Balaban J connectivity index is 2.55. The SMILES string of the molecule is CCCCCC(C)(C)CNC(CC)c1ccccc1F. The number of rotatable bonds is 9. The second kappa shape index (κ2) is 8.41. The van der Waals surface area contributed by atoms with E-state index in [0.29, 0.717) is 0 Å². The molecule has 1 N–H and O–H groups in total. The molecule has 1 unspecified atom stereocenters. The van der Waals surface area contributed by atoms with Crippen LogP contribution in [0.4, 0.5) is 4.39 Å². The van der Waals surface area contributed by atoms with Gasteiger partial charge in [0, 0.05) is 18.2 Å². The van der Waals surface area contributed by atoms with Crippen LogP contribution in [0.2, 0.25) is 0 Å². The Morgan fingerprint density at radius 2 is 1.85 bits per heavy atom. The third kappa shape index (κ3) is 5.62. The molecule has 0 heterocycles. The van der Waals surface area contributed by atoms with E-state index in [1.165, 1.54) is 25.7 Å². The molecule has 1 rings (SSSR count). The Labute approximate surface area is 124 Å². The first-order valence-electron chi connectivity index (χ1n) is 7.98. The highest BCUT2D eigenvalue weighted by Crippen LogP contribution is 2.26. The second-order valence-corrected chi connectivity index (χ2v) is 6.48. The fourth-order valence-electron chi connectivity index (χ4n) is 2.57. The van der Waals surface area contributed by atoms with Gasteiger partial charge >= 0.3 is 0 Å². The minimum Gasteiger partial charge on any atom is -0.309 e. The van der Waals surface area contributed by atoms with Crippen molar-refractivity contribution in [2.24, 2.45) is 5.41 Å². The molecule has 2 heteroatoms. The average molecular weight is 279 g/mol. The summed E-state index contributed by atoms with van der Waals surface area (Å²) in [4.78, 5) is 0. The van der Waals surface area contributed by atoms with Crippen LogP contribution in [0.25, 0.3) is 0 Å². The van der Waals surface area contributed by atoms with Gasteiger partial charge in [-0.25, -0.2) is 4.39 Å². The molecule has 0 aromatic heterocycles. The largest absolute Gasteiger partial charge is 0.309 e. The van der Waals surface area contributed by atoms with Gasteiger partial charge in [-0.2, -0.15) is 0 Å². The molecule has 0 fully saturated rings. The maximum atomic E-state index is 13.9. The van der Waals surface area contributed by atoms with Crippen LogP contribution < -0.4 is 5.32 Å². The highest BCUT2D eigenvalue weighted by Gasteiger charge is 2.20. The van der Waals surface area contributed by atoms with Crippen LogP contribution in [0.3, 0.4) is 0 Å². The molecule has 0 bridgehead atoms. The number of hydrogen-bond acceptors (Lipinski definition) is 1. The van der Waals surface area contributed by atoms with Crippen molar-refractivity contribution < 1.29 is 4.39 Å². The molecule has 0 saturated carbocycles. The first-order chi connectivity index (χ1) is 9.50. The van der Waals surface area contributed by atoms with E-state index in [-0.39, 0.29) is 17.3 Å². The molecule has 0 saturated heterocycles. The highest BCUT2D eigenvalue weighted by atomic mass is 19.1. The van der Waals surface area contributed by atoms with Crippen molar-refractivity contribution in [1.29, 1.82) is 0 Å². The molecule has 20 heavy (non-hydrogen) atoms. The van der Waals surface area contributed by atoms with E-state index in [0.717, 1.165) is 18.5 Å². The van der Waals surface area contributed by atoms with Crippen molar-refractivity contribution in [2.45, 2.75) is 65.8 Å². The lowest BCUT2D eigenvalue weighted by molar-refractivity contribution is 0.284. The molecule has 0 radical (unpaired) electrons. The zero-order valence-electron chi connectivity index (χ0n) is 13.5. The van der Waals surface area contributed by atoms with Crippen molar-refractivity contribution >= 4 is 0 Å². The summed E-state index contributed by atoms with van der Waals surface area (Å²) < 4.78 is 13.9. The van der Waals surface area contributed by atoms with E-state index in [1.807, 2.05) is 12.1 Å². The highest BCUT2D eigenvalue weighted by molar-refractivity contribution is 5.21. The number of halogens is 1. The van der Waals surface area contributed by atoms with E-state index >= 15 is 0 Å². The van der Waals surface area contributed by atoms with Crippen LogP contribution in [-0.4, -0.2) is 6.54 Å². The van der Waals surface area contributed by atoms with E-state index in [4.69, 9.17) is 0 Å². The molecule has 0 aliphatic heterocycles. The van der Waals surface area contributed by atoms with E-state index < -0.39 is 0 Å². The lowest BCUT2D eigenvalue weighted by Gasteiger charge is -2.28. The minimum absolute atomic E-state index is 0.101. The smallest absolute Gasteiger partial charge is 0.127 e. The van der Waals surface area contributed by atoms with Gasteiger partial charge in [-0.15, -0.1) is 0 Å². The number of benzene rings is 1. The van der Waals surface area contributed by atoms with Crippen LogP contribution in [0, 0.1) is 11.2 Å². The quantitative estimate of drug-likeness (QED) is 0.591. The maximum absolute atomic E-state index is 13.9. The fraction of sp³-hybridized carbons (Fsp3) is 0.667. The molecule has 1 aromatic rings. The number of unbranched alkanes of at least 4 members (excludes halogenated alkanes) is 2. The van der Waals surface area contributed by atoms with Crippen molar-refractivity contribution in [2.75, 3.05) is 6.54 Å². The third-order valence-electron chi connectivity index (χ3n) is 3.97. The molecular formula is C18H30FN. The molecule has 0 aliphatic carbocycles. The van der Waals surface area contributed by atoms with Gasteiger partial charge in [-0.3, -0.25) is 0 Å². The van der Waals surface area contributed by atoms with Crippen LogP contribution in [0.1, 0.15) is 71.4 Å². The lowest BCUT2D eigenvalue weighted by Crippen LogP contribution is -2.32. The van der Waals surface area contributed by atoms with Crippen LogP contribution in [0.5, 0.6) is 0 Å². The molecule has 114 valence electrons. The van der Waals surface area contributed by atoms with Crippen molar-refractivity contribution in [3.05, 3.63) is 35.6 Å². The molecular weight excluding hydrogens is 249 g/mol. The van der Waals surface area contributed by atoms with Gasteiger partial charge in [-0.05, 0) is 24.3 Å². The third-order valence-corrected chi connectivity index (χ3v) is 3.97. The van der Waals surface area contributed by atoms with Crippen molar-refractivity contribution in [3.8, 4) is 0 Å². The number of hydrogen-bond donors (Lipinski definition) is 1. The summed E-state index contributed by atoms with van der Waals surface area (Å²) >= 11 is 0. The molecule has 0 spiro atoms. The van der Waals surface area contributed by atoms with Gasteiger partial charge in [0.15, 0.2) is 0 Å². The zero-order chi connectivity index (χ0) is 15.0. The Morgan fingerprint density at radius 3 is 2.45 bits per heavy atom.